The van der Waals surface area contributed by atoms with Gasteiger partial charge in [-0.1, -0.05) is 22.4 Å². The molecule has 108 valence electrons. The van der Waals surface area contributed by atoms with Gasteiger partial charge in [-0.2, -0.15) is 11.8 Å². The van der Waals surface area contributed by atoms with Gasteiger partial charge in [-0.15, -0.1) is 11.6 Å². The van der Waals surface area contributed by atoms with Gasteiger partial charge in [0.25, 0.3) is 0 Å². The summed E-state index contributed by atoms with van der Waals surface area (Å²) in [6, 6.07) is 6.82. The molecule has 0 bridgehead atoms. The summed E-state index contributed by atoms with van der Waals surface area (Å²) in [6.07, 6.45) is 7.32. The van der Waals surface area contributed by atoms with E-state index in [1.54, 1.807) is 0 Å². The van der Waals surface area contributed by atoms with Crippen LogP contribution in [0.15, 0.2) is 22.7 Å². The van der Waals surface area contributed by atoms with Gasteiger partial charge in [-0.25, -0.2) is 4.98 Å². The third-order valence-corrected chi connectivity index (χ3v) is 5.97. The molecule has 0 spiro atoms. The van der Waals surface area contributed by atoms with E-state index in [1.807, 2.05) is 17.8 Å². The van der Waals surface area contributed by atoms with E-state index in [9.17, 15) is 0 Å². The number of rotatable bonds is 3. The van der Waals surface area contributed by atoms with Crippen LogP contribution in [0.1, 0.15) is 37.5 Å². The Morgan fingerprint density at radius 1 is 1.45 bits per heavy atom. The highest BCUT2D eigenvalue weighted by Crippen LogP contribution is 2.37. The zero-order chi connectivity index (χ0) is 14.1. The molecule has 0 aliphatic heterocycles. The summed E-state index contributed by atoms with van der Waals surface area (Å²) < 4.78 is 3.49. The SMILES string of the molecule is CSC1CCCC(n2c(CCl)nc3ccc(Br)cc32)C1. The lowest BCUT2D eigenvalue weighted by Crippen LogP contribution is -2.21. The molecule has 1 aromatic carbocycles. The maximum atomic E-state index is 6.13. The van der Waals surface area contributed by atoms with Crippen molar-refractivity contribution >= 4 is 50.3 Å². The Hall–Kier alpha value is -0.190. The quantitative estimate of drug-likeness (QED) is 0.672. The molecule has 5 heteroatoms. The number of halogens is 2. The highest BCUT2D eigenvalue weighted by Gasteiger charge is 2.25. The van der Waals surface area contributed by atoms with Crippen molar-refractivity contribution < 1.29 is 0 Å². The highest BCUT2D eigenvalue weighted by atomic mass is 79.9. The van der Waals surface area contributed by atoms with Gasteiger partial charge in [-0.3, -0.25) is 0 Å². The summed E-state index contributed by atoms with van der Waals surface area (Å²) in [7, 11) is 0. The molecular weight excluding hydrogens is 356 g/mol. The van der Waals surface area contributed by atoms with Gasteiger partial charge in [0.05, 0.1) is 16.9 Å². The lowest BCUT2D eigenvalue weighted by molar-refractivity contribution is 0.362. The number of aromatic nitrogens is 2. The molecule has 2 nitrogen and oxygen atoms in total. The van der Waals surface area contributed by atoms with Gasteiger partial charge in [0, 0.05) is 15.8 Å². The molecule has 0 radical (unpaired) electrons. The molecule has 0 N–H and O–H groups in total. The number of nitrogens with zero attached hydrogens (tertiary/aromatic N) is 2. The highest BCUT2D eigenvalue weighted by molar-refractivity contribution is 9.10. The van der Waals surface area contributed by atoms with Crippen LogP contribution < -0.4 is 0 Å². The Morgan fingerprint density at radius 2 is 2.30 bits per heavy atom. The van der Waals surface area contributed by atoms with Crippen molar-refractivity contribution in [3.05, 3.63) is 28.5 Å². The minimum atomic E-state index is 0.479. The van der Waals surface area contributed by atoms with Crippen molar-refractivity contribution in [3.63, 3.8) is 0 Å². The van der Waals surface area contributed by atoms with E-state index in [0.29, 0.717) is 11.9 Å². The molecular formula is C15H18BrClN2S. The fourth-order valence-electron chi connectivity index (χ4n) is 3.19. The van der Waals surface area contributed by atoms with Crippen molar-refractivity contribution in [2.45, 2.75) is 42.9 Å². The lowest BCUT2D eigenvalue weighted by atomic mass is 9.94. The second-order valence-corrected chi connectivity index (χ2v) is 7.66. The van der Waals surface area contributed by atoms with Crippen molar-refractivity contribution in [1.29, 1.82) is 0 Å². The number of hydrogen-bond donors (Lipinski definition) is 0. The maximum Gasteiger partial charge on any atom is 0.125 e. The van der Waals surface area contributed by atoms with Gasteiger partial charge in [0.2, 0.25) is 0 Å². The number of fused-ring (bicyclic) bond motifs is 1. The fourth-order valence-corrected chi connectivity index (χ4v) is 4.54. The first kappa shape index (κ1) is 14.7. The lowest BCUT2D eigenvalue weighted by Gasteiger charge is -2.30. The zero-order valence-electron chi connectivity index (χ0n) is 11.5. The predicted octanol–water partition coefficient (Wildman–Crippen LogP) is 5.38. The van der Waals surface area contributed by atoms with Crippen LogP contribution in [0.4, 0.5) is 0 Å². The van der Waals surface area contributed by atoms with Gasteiger partial charge < -0.3 is 4.57 Å². The van der Waals surface area contributed by atoms with Crippen molar-refractivity contribution in [1.82, 2.24) is 9.55 Å². The van der Waals surface area contributed by atoms with Gasteiger partial charge >= 0.3 is 0 Å². The molecule has 2 atom stereocenters. The van der Waals surface area contributed by atoms with Crippen LogP contribution in [0.3, 0.4) is 0 Å². The van der Waals surface area contributed by atoms with E-state index in [-0.39, 0.29) is 0 Å². The minimum absolute atomic E-state index is 0.479. The van der Waals surface area contributed by atoms with Crippen LogP contribution in [0.2, 0.25) is 0 Å². The van der Waals surface area contributed by atoms with E-state index < -0.39 is 0 Å². The standard InChI is InChI=1S/C15H18BrClN2S/c1-20-12-4-2-3-11(8-12)19-14-7-10(16)5-6-13(14)18-15(19)9-17/h5-7,11-12H,2-4,8-9H2,1H3. The van der Waals surface area contributed by atoms with Crippen LogP contribution in [0, 0.1) is 0 Å². The summed E-state index contributed by atoms with van der Waals surface area (Å²) in [5, 5.41) is 0.765. The van der Waals surface area contributed by atoms with E-state index in [4.69, 9.17) is 16.6 Å². The molecule has 1 aliphatic rings. The first-order valence-electron chi connectivity index (χ1n) is 6.98. The second-order valence-electron chi connectivity index (χ2n) is 5.34. The van der Waals surface area contributed by atoms with Crippen LogP contribution >= 0.6 is 39.3 Å². The average Bonchev–Trinajstić information content (AvgIpc) is 2.85. The van der Waals surface area contributed by atoms with Crippen molar-refractivity contribution in [2.75, 3.05) is 6.26 Å². The fraction of sp³-hybridized carbons (Fsp3) is 0.533. The van der Waals surface area contributed by atoms with Crippen LogP contribution in [0.5, 0.6) is 0 Å². The topological polar surface area (TPSA) is 17.8 Å². The molecule has 1 aromatic heterocycles. The smallest absolute Gasteiger partial charge is 0.125 e. The molecule has 2 unspecified atom stereocenters. The summed E-state index contributed by atoms with van der Waals surface area (Å²) in [5.41, 5.74) is 2.26. The molecule has 3 rings (SSSR count). The van der Waals surface area contributed by atoms with Crippen LogP contribution in [-0.4, -0.2) is 21.1 Å². The Morgan fingerprint density at radius 3 is 3.05 bits per heavy atom. The number of hydrogen-bond acceptors (Lipinski definition) is 2. The molecule has 1 heterocycles. The minimum Gasteiger partial charge on any atom is -0.324 e. The third-order valence-electron chi connectivity index (χ3n) is 4.14. The molecule has 0 saturated heterocycles. The predicted molar refractivity (Wildman–Crippen MR) is 91.8 cm³/mol. The summed E-state index contributed by atoms with van der Waals surface area (Å²) in [4.78, 5) is 4.70. The molecule has 1 fully saturated rings. The van der Waals surface area contributed by atoms with Crippen LogP contribution in [-0.2, 0) is 5.88 Å². The Labute approximate surface area is 137 Å². The maximum absolute atomic E-state index is 6.13. The van der Waals surface area contributed by atoms with E-state index in [2.05, 4.69) is 38.9 Å². The average molecular weight is 374 g/mol. The Balaban J connectivity index is 2.06. The number of benzene rings is 1. The molecule has 20 heavy (non-hydrogen) atoms. The van der Waals surface area contributed by atoms with Crippen LogP contribution in [0.25, 0.3) is 11.0 Å². The summed E-state index contributed by atoms with van der Waals surface area (Å²) in [5.74, 6) is 1.48. The first-order chi connectivity index (χ1) is 9.72. The third kappa shape index (κ3) is 2.75. The summed E-state index contributed by atoms with van der Waals surface area (Å²) >= 11 is 11.7. The Kier molecular flexibility index (Phi) is 4.63. The molecule has 0 amide bonds. The molecule has 2 aromatic rings. The van der Waals surface area contributed by atoms with Crippen molar-refractivity contribution in [3.8, 4) is 0 Å². The largest absolute Gasteiger partial charge is 0.324 e. The van der Waals surface area contributed by atoms with Gasteiger partial charge in [0.15, 0.2) is 0 Å². The second kappa shape index (κ2) is 6.29. The number of thioether (sulfide) groups is 1. The van der Waals surface area contributed by atoms with E-state index in [0.717, 1.165) is 21.1 Å². The monoisotopic (exact) mass is 372 g/mol. The van der Waals surface area contributed by atoms with E-state index >= 15 is 0 Å². The molecule has 1 aliphatic carbocycles. The van der Waals surface area contributed by atoms with E-state index in [1.165, 1.54) is 31.2 Å². The first-order valence-corrected chi connectivity index (χ1v) is 9.59. The molecule has 1 saturated carbocycles. The number of alkyl halides is 1. The van der Waals surface area contributed by atoms with Crippen molar-refractivity contribution in [2.24, 2.45) is 0 Å². The normalized spacial score (nSPS) is 23.4. The zero-order valence-corrected chi connectivity index (χ0v) is 14.6. The van der Waals surface area contributed by atoms with Gasteiger partial charge in [0.1, 0.15) is 5.82 Å². The Bertz CT molecular complexity index is 613. The summed E-state index contributed by atoms with van der Waals surface area (Å²) in [6.45, 7) is 0. The number of imidazole rings is 1. The van der Waals surface area contributed by atoms with Gasteiger partial charge in [-0.05, 0) is 43.7 Å².